The van der Waals surface area contributed by atoms with Crippen LogP contribution in [0.3, 0.4) is 0 Å². The number of aliphatic hydroxyl groups excluding tert-OH is 4. The van der Waals surface area contributed by atoms with Gasteiger partial charge in [-0.3, -0.25) is 0 Å². The van der Waals surface area contributed by atoms with E-state index in [0.717, 1.165) is 13.2 Å². The van der Waals surface area contributed by atoms with Gasteiger partial charge < -0.3 is 25.2 Å². The molecule has 0 aromatic heterocycles. The molecule has 2 aliphatic rings. The second kappa shape index (κ2) is 20.1. The van der Waals surface area contributed by atoms with Crippen LogP contribution in [0.1, 0.15) is 51.9 Å². The SMILES string of the molecule is C1CCCC1.C1CCOC1.CCO.OCC(O)CO. The molecule has 1 saturated carbocycles. The molecule has 0 aromatic carbocycles. The van der Waals surface area contributed by atoms with E-state index in [0.29, 0.717) is 0 Å². The molecular formula is C14H32O5. The number of aliphatic hydroxyl groups is 4. The third-order valence-electron chi connectivity index (χ3n) is 2.50. The number of rotatable bonds is 2. The van der Waals surface area contributed by atoms with E-state index in [1.165, 1.54) is 44.9 Å². The van der Waals surface area contributed by atoms with E-state index in [9.17, 15) is 0 Å². The van der Waals surface area contributed by atoms with E-state index in [1.807, 2.05) is 0 Å². The molecule has 2 rings (SSSR count). The van der Waals surface area contributed by atoms with Gasteiger partial charge in [-0.2, -0.15) is 0 Å². The molecule has 0 amide bonds. The Morgan fingerprint density at radius 1 is 0.789 bits per heavy atom. The van der Waals surface area contributed by atoms with Crippen LogP contribution < -0.4 is 0 Å². The lowest BCUT2D eigenvalue weighted by atomic mass is 10.4. The minimum atomic E-state index is -0.954. The van der Waals surface area contributed by atoms with Gasteiger partial charge >= 0.3 is 0 Å². The van der Waals surface area contributed by atoms with Crippen molar-refractivity contribution < 1.29 is 25.2 Å². The lowest BCUT2D eigenvalue weighted by Crippen LogP contribution is -2.15. The molecule has 0 bridgehead atoms. The fourth-order valence-electron chi connectivity index (χ4n) is 1.45. The highest BCUT2D eigenvalue weighted by Crippen LogP contribution is 2.15. The molecule has 19 heavy (non-hydrogen) atoms. The third kappa shape index (κ3) is 23.3. The lowest BCUT2D eigenvalue weighted by Gasteiger charge is -1.96. The fraction of sp³-hybridized carbons (Fsp3) is 1.00. The molecule has 0 unspecified atom stereocenters. The maximum absolute atomic E-state index is 8.17. The summed E-state index contributed by atoms with van der Waals surface area (Å²) in [6, 6.07) is 0. The van der Waals surface area contributed by atoms with Crippen LogP contribution in [0, 0.1) is 0 Å². The molecule has 0 aromatic rings. The highest BCUT2D eigenvalue weighted by Gasteiger charge is 1.95. The molecule has 5 nitrogen and oxygen atoms in total. The van der Waals surface area contributed by atoms with Crippen LogP contribution in [0.15, 0.2) is 0 Å². The second-order valence-corrected chi connectivity index (χ2v) is 4.42. The van der Waals surface area contributed by atoms with Crippen LogP contribution in [0.5, 0.6) is 0 Å². The fourth-order valence-corrected chi connectivity index (χ4v) is 1.45. The summed E-state index contributed by atoms with van der Waals surface area (Å²) < 4.78 is 4.94. The van der Waals surface area contributed by atoms with Gasteiger partial charge in [0.1, 0.15) is 6.10 Å². The Bertz CT molecular complexity index is 107. The Labute approximate surface area is 117 Å². The number of hydrogen-bond acceptors (Lipinski definition) is 5. The van der Waals surface area contributed by atoms with Crippen molar-refractivity contribution in [2.75, 3.05) is 33.0 Å². The summed E-state index contributed by atoms with van der Waals surface area (Å²) in [7, 11) is 0. The summed E-state index contributed by atoms with van der Waals surface area (Å²) >= 11 is 0. The van der Waals surface area contributed by atoms with Gasteiger partial charge in [0.05, 0.1) is 13.2 Å². The van der Waals surface area contributed by atoms with Crippen LogP contribution in [0.4, 0.5) is 0 Å². The summed E-state index contributed by atoms with van der Waals surface area (Å²) in [5.74, 6) is 0. The summed E-state index contributed by atoms with van der Waals surface area (Å²) in [5.41, 5.74) is 0. The third-order valence-corrected chi connectivity index (χ3v) is 2.50. The van der Waals surface area contributed by atoms with Crippen LogP contribution in [0.25, 0.3) is 0 Å². The van der Waals surface area contributed by atoms with E-state index in [2.05, 4.69) is 0 Å². The maximum atomic E-state index is 8.17. The maximum Gasteiger partial charge on any atom is 0.100 e. The van der Waals surface area contributed by atoms with E-state index >= 15 is 0 Å². The van der Waals surface area contributed by atoms with Crippen molar-refractivity contribution in [1.29, 1.82) is 0 Å². The molecule has 1 saturated heterocycles. The minimum Gasteiger partial charge on any atom is -0.397 e. The molecule has 118 valence electrons. The van der Waals surface area contributed by atoms with Gasteiger partial charge in [0.15, 0.2) is 0 Å². The van der Waals surface area contributed by atoms with E-state index in [4.69, 9.17) is 25.2 Å². The Hall–Kier alpha value is -0.200. The van der Waals surface area contributed by atoms with Crippen LogP contribution >= 0.6 is 0 Å². The van der Waals surface area contributed by atoms with Crippen molar-refractivity contribution >= 4 is 0 Å². The number of ether oxygens (including phenoxy) is 1. The Morgan fingerprint density at radius 3 is 1.21 bits per heavy atom. The van der Waals surface area contributed by atoms with Crippen LogP contribution in [-0.4, -0.2) is 59.6 Å². The summed E-state index contributed by atoms with van der Waals surface area (Å²) in [6.07, 6.45) is 9.10. The zero-order chi connectivity index (χ0) is 14.8. The van der Waals surface area contributed by atoms with Crippen molar-refractivity contribution in [3.63, 3.8) is 0 Å². The zero-order valence-corrected chi connectivity index (χ0v) is 12.3. The van der Waals surface area contributed by atoms with Crippen molar-refractivity contribution in [2.45, 2.75) is 58.0 Å². The molecule has 0 radical (unpaired) electrons. The molecule has 1 aliphatic carbocycles. The average molecular weight is 280 g/mol. The molecule has 0 spiro atoms. The van der Waals surface area contributed by atoms with Crippen molar-refractivity contribution in [3.05, 3.63) is 0 Å². The van der Waals surface area contributed by atoms with Gasteiger partial charge in [0.2, 0.25) is 0 Å². The van der Waals surface area contributed by atoms with Gasteiger partial charge in [-0.05, 0) is 19.8 Å². The van der Waals surface area contributed by atoms with Gasteiger partial charge in [-0.25, -0.2) is 0 Å². The molecule has 0 atom stereocenters. The second-order valence-electron chi connectivity index (χ2n) is 4.42. The minimum absolute atomic E-state index is 0.250. The first-order valence-corrected chi connectivity index (χ1v) is 7.31. The molecular weight excluding hydrogens is 248 g/mol. The largest absolute Gasteiger partial charge is 0.397 e. The molecule has 1 aliphatic heterocycles. The lowest BCUT2D eigenvalue weighted by molar-refractivity contribution is 0.0450. The van der Waals surface area contributed by atoms with Gasteiger partial charge in [-0.1, -0.05) is 32.1 Å². The van der Waals surface area contributed by atoms with Crippen molar-refractivity contribution in [3.8, 4) is 0 Å². The zero-order valence-electron chi connectivity index (χ0n) is 12.3. The summed E-state index contributed by atoms with van der Waals surface area (Å²) in [4.78, 5) is 0. The van der Waals surface area contributed by atoms with Crippen molar-refractivity contribution in [2.24, 2.45) is 0 Å². The standard InChI is InChI=1S/C5H10.C4H8O.C3H8O3.C2H6O/c2*1-2-4-5-3-1;4-1-3(6)2-5;1-2-3/h1-5H2;1-4H2;3-6H,1-2H2;3H,2H2,1H3. The topological polar surface area (TPSA) is 90.2 Å². The normalized spacial score (nSPS) is 16.7. The molecule has 1 heterocycles. The first kappa shape index (κ1) is 21.1. The van der Waals surface area contributed by atoms with Crippen LogP contribution in [0.2, 0.25) is 0 Å². The first-order valence-electron chi connectivity index (χ1n) is 7.31. The van der Waals surface area contributed by atoms with E-state index in [1.54, 1.807) is 6.92 Å². The predicted octanol–water partition coefficient (Wildman–Crippen LogP) is 1.08. The van der Waals surface area contributed by atoms with Gasteiger partial charge in [-0.15, -0.1) is 0 Å². The Morgan fingerprint density at radius 2 is 1.11 bits per heavy atom. The first-order chi connectivity index (χ1) is 9.22. The molecule has 4 N–H and O–H groups in total. The summed E-state index contributed by atoms with van der Waals surface area (Å²) in [5, 5.41) is 31.6. The van der Waals surface area contributed by atoms with E-state index in [-0.39, 0.29) is 19.8 Å². The quantitative estimate of drug-likeness (QED) is 0.607. The predicted molar refractivity (Wildman–Crippen MR) is 76.1 cm³/mol. The Kier molecular flexibility index (Phi) is 22.4. The molecule has 5 heteroatoms. The Balaban J connectivity index is 0. The van der Waals surface area contributed by atoms with Crippen molar-refractivity contribution in [1.82, 2.24) is 0 Å². The van der Waals surface area contributed by atoms with Gasteiger partial charge in [0.25, 0.3) is 0 Å². The summed E-state index contributed by atoms with van der Waals surface area (Å²) in [6.45, 7) is 3.20. The average Bonchev–Trinajstić information content (AvgIpc) is 3.14. The monoisotopic (exact) mass is 280 g/mol. The van der Waals surface area contributed by atoms with Gasteiger partial charge in [0, 0.05) is 19.8 Å². The smallest absolute Gasteiger partial charge is 0.100 e. The number of hydrogen-bond donors (Lipinski definition) is 4. The highest BCUT2D eigenvalue weighted by atomic mass is 16.5. The van der Waals surface area contributed by atoms with E-state index < -0.39 is 6.10 Å². The molecule has 2 fully saturated rings. The highest BCUT2D eigenvalue weighted by molar-refractivity contribution is 4.51. The van der Waals surface area contributed by atoms with Crippen LogP contribution in [-0.2, 0) is 4.74 Å².